The van der Waals surface area contributed by atoms with Gasteiger partial charge in [-0.05, 0) is 12.1 Å². The standard InChI is InChI=1S/C19H22Cl2N2O5S/c1-23(2)16(24)12-22-14-11-15(28-10-9-27-3)18(21)19(17(14)20)29(25,26)13-7-5-4-6-8-13/h4-8,11,22H,9-10,12H2,1-3H3. The minimum atomic E-state index is -4.04. The van der Waals surface area contributed by atoms with Crippen LogP contribution in [0.15, 0.2) is 46.2 Å². The number of benzene rings is 2. The summed E-state index contributed by atoms with van der Waals surface area (Å²) in [6.07, 6.45) is 0. The molecule has 0 aromatic heterocycles. The van der Waals surface area contributed by atoms with E-state index in [9.17, 15) is 13.2 Å². The number of nitrogens with zero attached hydrogens (tertiary/aromatic N) is 1. The third kappa shape index (κ3) is 5.54. The molecular formula is C19H22Cl2N2O5S. The lowest BCUT2D eigenvalue weighted by molar-refractivity contribution is -0.126. The van der Waals surface area contributed by atoms with Crippen LogP contribution in [-0.2, 0) is 19.4 Å². The lowest BCUT2D eigenvalue weighted by Crippen LogP contribution is -2.28. The zero-order valence-electron chi connectivity index (χ0n) is 16.2. The first-order valence-electron chi connectivity index (χ1n) is 8.58. The van der Waals surface area contributed by atoms with Crippen LogP contribution in [0.1, 0.15) is 0 Å². The van der Waals surface area contributed by atoms with Crippen molar-refractivity contribution in [3.63, 3.8) is 0 Å². The maximum atomic E-state index is 13.2. The summed E-state index contributed by atoms with van der Waals surface area (Å²) in [4.78, 5) is 13.1. The number of hydrogen-bond donors (Lipinski definition) is 1. The fourth-order valence-electron chi connectivity index (χ4n) is 2.34. The van der Waals surface area contributed by atoms with Crippen LogP contribution >= 0.6 is 23.2 Å². The molecule has 2 aromatic carbocycles. The lowest BCUT2D eigenvalue weighted by Gasteiger charge is -2.18. The Morgan fingerprint density at radius 1 is 1.10 bits per heavy atom. The first kappa shape index (κ1) is 23.3. The molecule has 0 unspecified atom stereocenters. The van der Waals surface area contributed by atoms with Crippen molar-refractivity contribution in [1.82, 2.24) is 4.90 Å². The molecule has 1 amide bonds. The molecule has 0 fully saturated rings. The molecule has 158 valence electrons. The van der Waals surface area contributed by atoms with E-state index in [-0.39, 0.29) is 56.9 Å². The average molecular weight is 461 g/mol. The Hall–Kier alpha value is -2.00. The monoisotopic (exact) mass is 460 g/mol. The highest BCUT2D eigenvalue weighted by molar-refractivity contribution is 7.91. The van der Waals surface area contributed by atoms with E-state index in [1.807, 2.05) is 0 Å². The van der Waals surface area contributed by atoms with Gasteiger partial charge in [-0.25, -0.2) is 8.42 Å². The van der Waals surface area contributed by atoms with E-state index in [0.717, 1.165) is 0 Å². The molecule has 0 aliphatic heterocycles. The van der Waals surface area contributed by atoms with Crippen LogP contribution in [0.5, 0.6) is 5.75 Å². The van der Waals surface area contributed by atoms with E-state index in [1.54, 1.807) is 32.3 Å². The minimum absolute atomic E-state index is 0.0353. The van der Waals surface area contributed by atoms with Crippen molar-refractivity contribution in [3.8, 4) is 5.75 Å². The van der Waals surface area contributed by atoms with Gasteiger partial charge in [-0.15, -0.1) is 0 Å². The second kappa shape index (κ2) is 10.2. The van der Waals surface area contributed by atoms with Crippen LogP contribution in [0.4, 0.5) is 5.69 Å². The number of carbonyl (C=O) groups is 1. The van der Waals surface area contributed by atoms with E-state index in [2.05, 4.69) is 5.32 Å². The molecule has 0 aliphatic carbocycles. The molecule has 0 saturated carbocycles. The summed E-state index contributed by atoms with van der Waals surface area (Å²) in [5, 5.41) is 2.60. The van der Waals surface area contributed by atoms with Crippen molar-refractivity contribution < 1.29 is 22.7 Å². The molecule has 10 heteroatoms. The summed E-state index contributed by atoms with van der Waals surface area (Å²) in [7, 11) is 0.689. The van der Waals surface area contributed by atoms with Crippen molar-refractivity contribution in [2.75, 3.05) is 46.3 Å². The van der Waals surface area contributed by atoms with Crippen LogP contribution in [0.25, 0.3) is 0 Å². The summed E-state index contributed by atoms with van der Waals surface area (Å²) in [6.45, 7) is 0.344. The second-order valence-electron chi connectivity index (χ2n) is 6.18. The first-order chi connectivity index (χ1) is 13.7. The molecule has 29 heavy (non-hydrogen) atoms. The van der Waals surface area contributed by atoms with Gasteiger partial charge in [0, 0.05) is 27.3 Å². The number of sulfone groups is 1. The van der Waals surface area contributed by atoms with Gasteiger partial charge in [0.05, 0.1) is 28.8 Å². The van der Waals surface area contributed by atoms with Crippen molar-refractivity contribution in [1.29, 1.82) is 0 Å². The summed E-state index contributed by atoms with van der Waals surface area (Å²) >= 11 is 12.8. The maximum absolute atomic E-state index is 13.2. The van der Waals surface area contributed by atoms with Crippen molar-refractivity contribution in [2.24, 2.45) is 0 Å². The molecule has 0 bridgehead atoms. The number of likely N-dealkylation sites (N-methyl/N-ethyl adjacent to an activating group) is 1. The van der Waals surface area contributed by atoms with Gasteiger partial charge in [0.2, 0.25) is 15.7 Å². The quantitative estimate of drug-likeness (QED) is 0.577. The van der Waals surface area contributed by atoms with Gasteiger partial charge < -0.3 is 19.7 Å². The van der Waals surface area contributed by atoms with E-state index in [1.165, 1.54) is 30.2 Å². The Kier molecular flexibility index (Phi) is 8.15. The number of hydrogen-bond acceptors (Lipinski definition) is 6. The third-order valence-electron chi connectivity index (χ3n) is 3.92. The Labute approximate surface area is 180 Å². The predicted molar refractivity (Wildman–Crippen MR) is 113 cm³/mol. The normalized spacial score (nSPS) is 11.2. The number of halogens is 2. The third-order valence-corrected chi connectivity index (χ3v) is 6.75. The topological polar surface area (TPSA) is 84.9 Å². The Morgan fingerprint density at radius 2 is 1.76 bits per heavy atom. The molecule has 0 aliphatic rings. The summed E-state index contributed by atoms with van der Waals surface area (Å²) in [5.74, 6) is -0.104. The van der Waals surface area contributed by atoms with Crippen LogP contribution in [0, 0.1) is 0 Å². The Bertz CT molecular complexity index is 966. The number of rotatable bonds is 9. The summed E-state index contributed by atoms with van der Waals surface area (Å²) in [5.41, 5.74) is 0.216. The maximum Gasteiger partial charge on any atom is 0.241 e. The molecule has 0 saturated heterocycles. The van der Waals surface area contributed by atoms with Gasteiger partial charge >= 0.3 is 0 Å². The van der Waals surface area contributed by atoms with Gasteiger partial charge in [0.1, 0.15) is 22.3 Å². The van der Waals surface area contributed by atoms with Crippen LogP contribution in [-0.4, -0.2) is 60.2 Å². The molecule has 0 spiro atoms. The second-order valence-corrected chi connectivity index (χ2v) is 8.82. The van der Waals surface area contributed by atoms with E-state index in [0.29, 0.717) is 0 Å². The molecular weight excluding hydrogens is 439 g/mol. The Morgan fingerprint density at radius 3 is 2.34 bits per heavy atom. The largest absolute Gasteiger partial charge is 0.489 e. The van der Waals surface area contributed by atoms with E-state index in [4.69, 9.17) is 32.7 Å². The van der Waals surface area contributed by atoms with Gasteiger partial charge in [0.15, 0.2) is 0 Å². The zero-order chi connectivity index (χ0) is 21.6. The highest BCUT2D eigenvalue weighted by Crippen LogP contribution is 2.44. The van der Waals surface area contributed by atoms with Gasteiger partial charge in [-0.1, -0.05) is 41.4 Å². The molecule has 2 aromatic rings. The van der Waals surface area contributed by atoms with E-state index >= 15 is 0 Å². The SMILES string of the molecule is COCCOc1cc(NCC(=O)N(C)C)c(Cl)c(S(=O)(=O)c2ccccc2)c1Cl. The number of carbonyl (C=O) groups excluding carboxylic acids is 1. The van der Waals surface area contributed by atoms with Crippen LogP contribution in [0.2, 0.25) is 10.0 Å². The van der Waals surface area contributed by atoms with E-state index < -0.39 is 9.84 Å². The molecule has 2 rings (SSSR count). The number of anilines is 1. The summed E-state index contributed by atoms with van der Waals surface area (Å²) in [6, 6.07) is 9.26. The fraction of sp³-hybridized carbons (Fsp3) is 0.316. The van der Waals surface area contributed by atoms with Gasteiger partial charge in [-0.3, -0.25) is 4.79 Å². The number of ether oxygens (including phenoxy) is 2. The number of amides is 1. The molecule has 1 N–H and O–H groups in total. The van der Waals surface area contributed by atoms with Crippen molar-refractivity contribution in [3.05, 3.63) is 46.4 Å². The number of nitrogens with one attached hydrogen (secondary N) is 1. The van der Waals surface area contributed by atoms with Crippen molar-refractivity contribution >= 4 is 44.6 Å². The van der Waals surface area contributed by atoms with Crippen LogP contribution < -0.4 is 10.1 Å². The minimum Gasteiger partial charge on any atom is -0.489 e. The predicted octanol–water partition coefficient (Wildman–Crippen LogP) is 3.35. The highest BCUT2D eigenvalue weighted by atomic mass is 35.5. The van der Waals surface area contributed by atoms with Gasteiger partial charge in [-0.2, -0.15) is 0 Å². The summed E-state index contributed by atoms with van der Waals surface area (Å²) < 4.78 is 36.9. The lowest BCUT2D eigenvalue weighted by atomic mass is 10.3. The molecule has 7 nitrogen and oxygen atoms in total. The average Bonchev–Trinajstić information content (AvgIpc) is 2.69. The zero-order valence-corrected chi connectivity index (χ0v) is 18.6. The first-order valence-corrected chi connectivity index (χ1v) is 10.8. The highest BCUT2D eigenvalue weighted by Gasteiger charge is 2.29. The molecule has 0 atom stereocenters. The smallest absolute Gasteiger partial charge is 0.241 e. The number of methoxy groups -OCH3 is 1. The molecule has 0 heterocycles. The van der Waals surface area contributed by atoms with Gasteiger partial charge in [0.25, 0.3) is 0 Å². The fourth-order valence-corrected chi connectivity index (χ4v) is 4.85. The van der Waals surface area contributed by atoms with Crippen molar-refractivity contribution in [2.45, 2.75) is 9.79 Å². The Balaban J connectivity index is 2.57. The molecule has 0 radical (unpaired) electrons. The van der Waals surface area contributed by atoms with Crippen LogP contribution in [0.3, 0.4) is 0 Å².